The lowest BCUT2D eigenvalue weighted by atomic mass is 10.1. The van der Waals surface area contributed by atoms with E-state index in [0.717, 1.165) is 10.9 Å². The van der Waals surface area contributed by atoms with Crippen molar-refractivity contribution in [2.24, 2.45) is 0 Å². The molecule has 0 saturated heterocycles. The number of rotatable bonds is 0. The van der Waals surface area contributed by atoms with Crippen LogP contribution in [0.25, 0.3) is 10.8 Å². The molecule has 0 spiro atoms. The van der Waals surface area contributed by atoms with Crippen molar-refractivity contribution in [1.29, 1.82) is 0 Å². The van der Waals surface area contributed by atoms with Gasteiger partial charge in [0.1, 0.15) is 0 Å². The fourth-order valence-electron chi connectivity index (χ4n) is 1.33. The van der Waals surface area contributed by atoms with E-state index < -0.39 is 0 Å². The predicted octanol–water partition coefficient (Wildman–Crippen LogP) is 1.51. The minimum absolute atomic E-state index is 0.772. The number of benzene rings is 2. The number of hydrogen-bond acceptors (Lipinski definition) is 1. The maximum absolute atomic E-state index is 10.1. The summed E-state index contributed by atoms with van der Waals surface area (Å²) in [6, 6.07) is 13.7. The average Bonchev–Trinajstić information content (AvgIpc) is 2.18. The molecule has 0 saturated carbocycles. The maximum Gasteiger partial charge on any atom is 0.0244 e. The largest absolute Gasteiger partial charge is 0.833 e. The molecule has 0 atom stereocenters. The van der Waals surface area contributed by atoms with Gasteiger partial charge in [0.15, 0.2) is 0 Å². The van der Waals surface area contributed by atoms with Crippen LogP contribution in [0.4, 0.5) is 0 Å². The Morgan fingerprint density at radius 3 is 2.46 bits per heavy atom. The van der Waals surface area contributed by atoms with Crippen LogP contribution in [0.3, 0.4) is 0 Å². The van der Waals surface area contributed by atoms with Crippen LogP contribution < -0.4 is 5.11 Å². The second-order valence-electron chi connectivity index (χ2n) is 2.79. The average molecular weight is 167 g/mol. The van der Waals surface area contributed by atoms with E-state index in [0.29, 0.717) is 0 Å². The number of fused-ring (bicyclic) bond motifs is 1. The Morgan fingerprint density at radius 2 is 1.69 bits per heavy atom. The molecule has 2 aromatic carbocycles. The van der Waals surface area contributed by atoms with Gasteiger partial charge in [0.05, 0.1) is 0 Å². The first-order valence-electron chi connectivity index (χ1n) is 4.02. The van der Waals surface area contributed by atoms with Crippen molar-refractivity contribution in [2.75, 3.05) is 0 Å². The fourth-order valence-corrected chi connectivity index (χ4v) is 1.33. The van der Waals surface area contributed by atoms with Crippen molar-refractivity contribution < 1.29 is 5.11 Å². The minimum Gasteiger partial charge on any atom is -0.833 e. The highest BCUT2D eigenvalue weighted by Gasteiger charge is 1.91. The third-order valence-electron chi connectivity index (χ3n) is 1.94. The molecule has 1 nitrogen and oxygen atoms in total. The van der Waals surface area contributed by atoms with Crippen molar-refractivity contribution in [1.82, 2.24) is 0 Å². The zero-order valence-corrected chi connectivity index (χ0v) is 6.95. The molecule has 0 aliphatic heterocycles. The van der Waals surface area contributed by atoms with Gasteiger partial charge in [0.25, 0.3) is 0 Å². The molecule has 0 unspecified atom stereocenters. The van der Waals surface area contributed by atoms with Gasteiger partial charge < -0.3 is 5.11 Å². The summed E-state index contributed by atoms with van der Waals surface area (Å²) in [5.74, 6) is 2.49. The van der Waals surface area contributed by atoms with E-state index in [4.69, 9.17) is 0 Å². The first-order valence-corrected chi connectivity index (χ1v) is 4.02. The van der Waals surface area contributed by atoms with Gasteiger partial charge in [-0.3, -0.25) is 0 Å². The lowest BCUT2D eigenvalue weighted by Crippen LogP contribution is -1.86. The smallest absolute Gasteiger partial charge is 0.0244 e. The molecule has 0 bridgehead atoms. The Bertz CT molecular complexity index is 489. The molecule has 0 N–H and O–H groups in total. The highest BCUT2D eigenvalue weighted by Crippen LogP contribution is 2.14. The molecule has 0 aliphatic carbocycles. The Hall–Kier alpha value is -1.94. The normalized spacial score (nSPS) is 9.23. The van der Waals surface area contributed by atoms with Crippen LogP contribution in [0.2, 0.25) is 0 Å². The Labute approximate surface area is 76.6 Å². The summed E-state index contributed by atoms with van der Waals surface area (Å²) in [4.78, 5) is 0. The van der Waals surface area contributed by atoms with E-state index in [1.807, 2.05) is 42.5 Å². The Balaban J connectivity index is 2.66. The molecule has 0 fully saturated rings. The van der Waals surface area contributed by atoms with Crippen LogP contribution in [0, 0.1) is 12.0 Å². The Kier molecular flexibility index (Phi) is 1.90. The lowest BCUT2D eigenvalue weighted by Gasteiger charge is -1.97. The van der Waals surface area contributed by atoms with Crippen LogP contribution in [0.1, 0.15) is 5.56 Å². The van der Waals surface area contributed by atoms with Crippen LogP contribution in [0.5, 0.6) is 0 Å². The van der Waals surface area contributed by atoms with E-state index in [-0.39, 0.29) is 0 Å². The third kappa shape index (κ3) is 1.47. The van der Waals surface area contributed by atoms with Gasteiger partial charge in [-0.05, 0) is 22.9 Å². The Morgan fingerprint density at radius 1 is 0.923 bits per heavy atom. The predicted molar refractivity (Wildman–Crippen MR) is 50.8 cm³/mol. The topological polar surface area (TPSA) is 23.1 Å². The van der Waals surface area contributed by atoms with E-state index in [9.17, 15) is 5.11 Å². The van der Waals surface area contributed by atoms with Gasteiger partial charge in [0.2, 0.25) is 0 Å². The minimum atomic E-state index is 0.772. The summed E-state index contributed by atoms with van der Waals surface area (Å²) in [7, 11) is 0. The van der Waals surface area contributed by atoms with Gasteiger partial charge in [0, 0.05) is 5.56 Å². The lowest BCUT2D eigenvalue weighted by molar-refractivity contribution is -0.247. The zero-order chi connectivity index (χ0) is 9.10. The van der Waals surface area contributed by atoms with E-state index in [2.05, 4.69) is 5.92 Å². The molecule has 0 aromatic heterocycles. The molecular weight excluding hydrogens is 160 g/mol. The molecule has 2 rings (SSSR count). The molecule has 1 heteroatoms. The molecule has 0 radical (unpaired) electrons. The summed E-state index contributed by atoms with van der Waals surface area (Å²) in [5, 5.41) is 12.4. The van der Waals surface area contributed by atoms with Crippen molar-refractivity contribution in [3.05, 3.63) is 48.0 Å². The van der Waals surface area contributed by atoms with Crippen molar-refractivity contribution in [2.45, 2.75) is 0 Å². The van der Waals surface area contributed by atoms with Crippen LogP contribution in [-0.4, -0.2) is 0 Å². The van der Waals surface area contributed by atoms with Gasteiger partial charge in [-0.1, -0.05) is 36.3 Å². The first kappa shape index (κ1) is 7.70. The summed E-state index contributed by atoms with van der Waals surface area (Å²) < 4.78 is 0. The van der Waals surface area contributed by atoms with E-state index >= 15 is 0 Å². The molecule has 62 valence electrons. The van der Waals surface area contributed by atoms with Crippen LogP contribution >= 0.6 is 0 Å². The maximum atomic E-state index is 10.1. The third-order valence-corrected chi connectivity index (χ3v) is 1.94. The van der Waals surface area contributed by atoms with Crippen LogP contribution in [-0.2, 0) is 0 Å². The summed E-state index contributed by atoms with van der Waals surface area (Å²) >= 11 is 0. The van der Waals surface area contributed by atoms with Crippen molar-refractivity contribution in [3.8, 4) is 12.0 Å². The first-order chi connectivity index (χ1) is 6.40. The molecule has 13 heavy (non-hydrogen) atoms. The molecule has 0 aliphatic rings. The van der Waals surface area contributed by atoms with Gasteiger partial charge in [-0.2, -0.15) is 6.11 Å². The molecule has 2 aromatic rings. The van der Waals surface area contributed by atoms with Crippen molar-refractivity contribution >= 4 is 10.8 Å². The van der Waals surface area contributed by atoms with Crippen LogP contribution in [0.15, 0.2) is 42.5 Å². The van der Waals surface area contributed by atoms with E-state index in [1.54, 1.807) is 6.11 Å². The second kappa shape index (κ2) is 3.20. The number of hydrogen-bond donors (Lipinski definition) is 0. The van der Waals surface area contributed by atoms with Crippen molar-refractivity contribution in [3.63, 3.8) is 0 Å². The quantitative estimate of drug-likeness (QED) is 0.545. The van der Waals surface area contributed by atoms with Gasteiger partial charge in [-0.25, -0.2) is 0 Å². The highest BCUT2D eigenvalue weighted by atomic mass is 16.2. The summed E-state index contributed by atoms with van der Waals surface area (Å²) in [6.07, 6.45) is 1.65. The van der Waals surface area contributed by atoms with Gasteiger partial charge in [-0.15, -0.1) is 0 Å². The van der Waals surface area contributed by atoms with Gasteiger partial charge >= 0.3 is 0 Å². The SMILES string of the molecule is [O-]C#Cc1ccc2ccccc2c1. The fraction of sp³-hybridized carbons (Fsp3) is 0. The second-order valence-corrected chi connectivity index (χ2v) is 2.79. The standard InChI is InChI=1S/C12H8O/c13-8-7-10-5-6-11-3-1-2-4-12(11)9-10/h1-6,9,13H/p-1. The molecular formula is C12H7O-. The summed E-state index contributed by atoms with van der Waals surface area (Å²) in [5.41, 5.74) is 0.772. The highest BCUT2D eigenvalue weighted by molar-refractivity contribution is 5.83. The molecule has 0 amide bonds. The zero-order valence-electron chi connectivity index (χ0n) is 6.95. The summed E-state index contributed by atoms with van der Waals surface area (Å²) in [6.45, 7) is 0. The van der Waals surface area contributed by atoms with E-state index in [1.165, 1.54) is 5.39 Å². The molecule has 0 heterocycles. The monoisotopic (exact) mass is 167 g/mol.